The Morgan fingerprint density at radius 1 is 1.29 bits per heavy atom. The second-order valence-corrected chi connectivity index (χ2v) is 5.11. The Morgan fingerprint density at radius 2 is 2.12 bits per heavy atom. The van der Waals surface area contributed by atoms with Crippen molar-refractivity contribution in [1.29, 1.82) is 0 Å². The summed E-state index contributed by atoms with van der Waals surface area (Å²) in [6.07, 6.45) is 2.92. The SMILES string of the molecule is Cc1ccc2occ(CCNCC(C)C)c2c1. The van der Waals surface area contributed by atoms with Crippen LogP contribution in [-0.4, -0.2) is 13.1 Å². The summed E-state index contributed by atoms with van der Waals surface area (Å²) >= 11 is 0. The van der Waals surface area contributed by atoms with Gasteiger partial charge in [0.15, 0.2) is 0 Å². The van der Waals surface area contributed by atoms with Crippen LogP contribution in [0, 0.1) is 12.8 Å². The van der Waals surface area contributed by atoms with Crippen LogP contribution < -0.4 is 5.32 Å². The lowest BCUT2D eigenvalue weighted by molar-refractivity contribution is 0.552. The third-order valence-corrected chi connectivity index (χ3v) is 2.93. The first-order chi connectivity index (χ1) is 8.16. The molecule has 2 rings (SSSR count). The van der Waals surface area contributed by atoms with Crippen molar-refractivity contribution in [3.63, 3.8) is 0 Å². The largest absolute Gasteiger partial charge is 0.464 e. The van der Waals surface area contributed by atoms with Gasteiger partial charge in [0.05, 0.1) is 6.26 Å². The molecule has 0 amide bonds. The van der Waals surface area contributed by atoms with Crippen molar-refractivity contribution in [3.8, 4) is 0 Å². The first-order valence-corrected chi connectivity index (χ1v) is 6.34. The molecule has 1 aromatic heterocycles. The molecular weight excluding hydrogens is 210 g/mol. The predicted octanol–water partition coefficient (Wildman–Crippen LogP) is 3.53. The lowest BCUT2D eigenvalue weighted by atomic mass is 10.1. The Kier molecular flexibility index (Phi) is 3.85. The van der Waals surface area contributed by atoms with Crippen molar-refractivity contribution in [2.45, 2.75) is 27.2 Å². The molecule has 2 nitrogen and oxygen atoms in total. The fourth-order valence-corrected chi connectivity index (χ4v) is 2.00. The topological polar surface area (TPSA) is 25.2 Å². The molecule has 0 fully saturated rings. The highest BCUT2D eigenvalue weighted by molar-refractivity contribution is 5.81. The van der Waals surface area contributed by atoms with Crippen molar-refractivity contribution in [2.75, 3.05) is 13.1 Å². The van der Waals surface area contributed by atoms with Gasteiger partial charge in [0.1, 0.15) is 5.58 Å². The zero-order chi connectivity index (χ0) is 12.3. The highest BCUT2D eigenvalue weighted by atomic mass is 16.3. The van der Waals surface area contributed by atoms with E-state index in [4.69, 9.17) is 4.42 Å². The molecule has 1 aromatic carbocycles. The average Bonchev–Trinajstić information content (AvgIpc) is 2.67. The molecule has 0 spiro atoms. The summed E-state index contributed by atoms with van der Waals surface area (Å²) in [7, 11) is 0. The molecule has 0 saturated heterocycles. The fraction of sp³-hybridized carbons (Fsp3) is 0.467. The van der Waals surface area contributed by atoms with E-state index in [-0.39, 0.29) is 0 Å². The van der Waals surface area contributed by atoms with Crippen LogP contribution in [0.3, 0.4) is 0 Å². The van der Waals surface area contributed by atoms with Crippen LogP contribution in [0.5, 0.6) is 0 Å². The third kappa shape index (κ3) is 3.10. The van der Waals surface area contributed by atoms with Crippen LogP contribution in [0.4, 0.5) is 0 Å². The zero-order valence-corrected chi connectivity index (χ0v) is 10.9. The molecule has 1 heterocycles. The van der Waals surface area contributed by atoms with Gasteiger partial charge in [-0.15, -0.1) is 0 Å². The van der Waals surface area contributed by atoms with Crippen LogP contribution in [-0.2, 0) is 6.42 Å². The van der Waals surface area contributed by atoms with Crippen molar-refractivity contribution in [1.82, 2.24) is 5.32 Å². The van der Waals surface area contributed by atoms with Gasteiger partial charge >= 0.3 is 0 Å². The average molecular weight is 231 g/mol. The van der Waals surface area contributed by atoms with Crippen molar-refractivity contribution >= 4 is 11.0 Å². The maximum atomic E-state index is 5.55. The van der Waals surface area contributed by atoms with Gasteiger partial charge in [-0.1, -0.05) is 25.5 Å². The molecule has 0 saturated carbocycles. The lowest BCUT2D eigenvalue weighted by Gasteiger charge is -2.06. The maximum absolute atomic E-state index is 5.55. The van der Waals surface area contributed by atoms with Crippen LogP contribution in [0.2, 0.25) is 0 Å². The van der Waals surface area contributed by atoms with Crippen molar-refractivity contribution in [2.24, 2.45) is 5.92 Å². The van der Waals surface area contributed by atoms with Gasteiger partial charge in [0.2, 0.25) is 0 Å². The minimum Gasteiger partial charge on any atom is -0.464 e. The molecule has 92 valence electrons. The van der Waals surface area contributed by atoms with Gasteiger partial charge in [-0.3, -0.25) is 0 Å². The van der Waals surface area contributed by atoms with Crippen molar-refractivity contribution in [3.05, 3.63) is 35.6 Å². The van der Waals surface area contributed by atoms with Crippen LogP contribution >= 0.6 is 0 Å². The van der Waals surface area contributed by atoms with E-state index in [0.29, 0.717) is 5.92 Å². The maximum Gasteiger partial charge on any atom is 0.134 e. The molecule has 2 heteroatoms. The summed E-state index contributed by atoms with van der Waals surface area (Å²) in [5, 5.41) is 4.72. The van der Waals surface area contributed by atoms with Crippen LogP contribution in [0.25, 0.3) is 11.0 Å². The molecule has 2 aromatic rings. The second kappa shape index (κ2) is 5.37. The van der Waals surface area contributed by atoms with E-state index in [1.54, 1.807) is 0 Å². The molecule has 0 aliphatic carbocycles. The minimum absolute atomic E-state index is 0.707. The predicted molar refractivity (Wildman–Crippen MR) is 72.4 cm³/mol. The van der Waals surface area contributed by atoms with E-state index in [1.807, 2.05) is 6.26 Å². The highest BCUT2D eigenvalue weighted by Crippen LogP contribution is 2.22. The Hall–Kier alpha value is -1.28. The summed E-state index contributed by atoms with van der Waals surface area (Å²) in [5.74, 6) is 0.707. The monoisotopic (exact) mass is 231 g/mol. The Morgan fingerprint density at radius 3 is 2.88 bits per heavy atom. The summed E-state index contributed by atoms with van der Waals surface area (Å²) in [5.41, 5.74) is 3.59. The quantitative estimate of drug-likeness (QED) is 0.796. The van der Waals surface area contributed by atoms with E-state index in [9.17, 15) is 0 Å². The molecule has 0 atom stereocenters. The van der Waals surface area contributed by atoms with E-state index < -0.39 is 0 Å². The number of nitrogens with one attached hydrogen (secondary N) is 1. The van der Waals surface area contributed by atoms with E-state index in [1.165, 1.54) is 16.5 Å². The molecule has 0 aliphatic heterocycles. The van der Waals surface area contributed by atoms with Gasteiger partial charge in [-0.2, -0.15) is 0 Å². The number of furan rings is 1. The van der Waals surface area contributed by atoms with Gasteiger partial charge in [0.25, 0.3) is 0 Å². The van der Waals surface area contributed by atoms with Gasteiger partial charge in [0, 0.05) is 5.39 Å². The minimum atomic E-state index is 0.707. The molecule has 17 heavy (non-hydrogen) atoms. The standard InChI is InChI=1S/C15H21NO/c1-11(2)9-16-7-6-13-10-17-15-5-4-12(3)8-14(13)15/h4-5,8,10-11,16H,6-7,9H2,1-3H3. The van der Waals surface area contributed by atoms with Gasteiger partial charge in [-0.25, -0.2) is 0 Å². The number of aryl methyl sites for hydroxylation is 1. The third-order valence-electron chi connectivity index (χ3n) is 2.93. The van der Waals surface area contributed by atoms with Gasteiger partial charge in [-0.05, 0) is 50.0 Å². The van der Waals surface area contributed by atoms with Crippen molar-refractivity contribution < 1.29 is 4.42 Å². The highest BCUT2D eigenvalue weighted by Gasteiger charge is 2.05. The Labute approximate surface area is 103 Å². The smallest absolute Gasteiger partial charge is 0.134 e. The Balaban J connectivity index is 2.01. The number of hydrogen-bond donors (Lipinski definition) is 1. The number of fused-ring (bicyclic) bond motifs is 1. The number of hydrogen-bond acceptors (Lipinski definition) is 2. The summed E-state index contributed by atoms with van der Waals surface area (Å²) < 4.78 is 5.55. The van der Waals surface area contributed by atoms with E-state index >= 15 is 0 Å². The molecule has 0 unspecified atom stereocenters. The summed E-state index contributed by atoms with van der Waals surface area (Å²) in [6.45, 7) is 8.66. The van der Waals surface area contributed by atoms with E-state index in [2.05, 4.69) is 44.3 Å². The second-order valence-electron chi connectivity index (χ2n) is 5.11. The Bertz CT molecular complexity index is 485. The normalized spacial score (nSPS) is 11.5. The lowest BCUT2D eigenvalue weighted by Crippen LogP contribution is -2.21. The van der Waals surface area contributed by atoms with Gasteiger partial charge < -0.3 is 9.73 Å². The number of benzene rings is 1. The molecule has 0 aliphatic rings. The number of rotatable bonds is 5. The van der Waals surface area contributed by atoms with E-state index in [0.717, 1.165) is 25.1 Å². The zero-order valence-electron chi connectivity index (χ0n) is 10.9. The summed E-state index contributed by atoms with van der Waals surface area (Å²) in [6, 6.07) is 6.35. The molecular formula is C15H21NO. The first-order valence-electron chi connectivity index (χ1n) is 6.34. The fourth-order valence-electron chi connectivity index (χ4n) is 2.00. The first kappa shape index (κ1) is 12.2. The molecule has 0 radical (unpaired) electrons. The van der Waals surface area contributed by atoms with Crippen LogP contribution in [0.15, 0.2) is 28.9 Å². The molecule has 0 bridgehead atoms. The molecule has 1 N–H and O–H groups in total. The summed E-state index contributed by atoms with van der Waals surface area (Å²) in [4.78, 5) is 0. The van der Waals surface area contributed by atoms with Crippen LogP contribution in [0.1, 0.15) is 25.0 Å².